The number of carbonyl (C=O) groups is 1. The van der Waals surface area contributed by atoms with Crippen molar-refractivity contribution in [3.05, 3.63) is 23.4 Å². The van der Waals surface area contributed by atoms with Gasteiger partial charge in [0.2, 0.25) is 0 Å². The first kappa shape index (κ1) is 27.9. The van der Waals surface area contributed by atoms with E-state index < -0.39 is 48.6 Å². The van der Waals surface area contributed by atoms with E-state index in [-0.39, 0.29) is 5.02 Å². The van der Waals surface area contributed by atoms with Crippen LogP contribution in [0.1, 0.15) is 0 Å². The van der Waals surface area contributed by atoms with Crippen molar-refractivity contribution in [3.8, 4) is 0 Å². The molecule has 0 saturated heterocycles. The lowest BCUT2D eigenvalue weighted by atomic mass is 10.4. The lowest BCUT2D eigenvalue weighted by Gasteiger charge is -2.33. The molecule has 0 unspecified atom stereocenters. The van der Waals surface area contributed by atoms with E-state index in [4.69, 9.17) is 11.6 Å². The van der Waals surface area contributed by atoms with Gasteiger partial charge in [-0.25, -0.2) is 19.2 Å². The Morgan fingerprint density at radius 1 is 0.750 bits per heavy atom. The Balaban J connectivity index is 3.03. The van der Waals surface area contributed by atoms with E-state index in [0.717, 1.165) is 17.6 Å². The summed E-state index contributed by atoms with van der Waals surface area (Å²) >= 11 is 5.37. The standard InChI is InChI=1S/C12H4ClF13N2O4/c13-4-1-2-5(27-3-4)28-6(29)7(14,15)30-8(16,17)9(18,19)31-10(20,21)11(22,23)32-12(24,25)26/h1-3H,(H,27,28,29). The number of rotatable bonds is 9. The van der Waals surface area contributed by atoms with Gasteiger partial charge in [-0.05, 0) is 12.1 Å². The third-order valence-corrected chi connectivity index (χ3v) is 2.89. The molecule has 1 rings (SSSR count). The molecule has 184 valence electrons. The number of hydrogen-bond donors (Lipinski definition) is 1. The van der Waals surface area contributed by atoms with Crippen molar-refractivity contribution >= 4 is 23.3 Å². The summed E-state index contributed by atoms with van der Waals surface area (Å²) in [5, 5.41) is 0.956. The molecule has 0 spiro atoms. The van der Waals surface area contributed by atoms with E-state index in [9.17, 15) is 61.9 Å². The number of anilines is 1. The highest BCUT2D eigenvalue weighted by molar-refractivity contribution is 6.30. The highest BCUT2D eigenvalue weighted by atomic mass is 35.5. The molecule has 1 N–H and O–H groups in total. The summed E-state index contributed by atoms with van der Waals surface area (Å²) in [7, 11) is 0. The third-order valence-electron chi connectivity index (χ3n) is 2.67. The number of nitrogens with zero attached hydrogens (tertiary/aromatic N) is 1. The minimum Gasteiger partial charge on any atom is -0.303 e. The summed E-state index contributed by atoms with van der Waals surface area (Å²) in [5.74, 6) is -3.77. The maximum atomic E-state index is 13.4. The zero-order valence-electron chi connectivity index (χ0n) is 14.1. The van der Waals surface area contributed by atoms with Crippen LogP contribution in [0.2, 0.25) is 5.02 Å². The van der Waals surface area contributed by atoms with Crippen molar-refractivity contribution in [2.75, 3.05) is 5.32 Å². The molecule has 1 heterocycles. The Kier molecular flexibility index (Phi) is 7.56. The number of halogens is 14. The van der Waals surface area contributed by atoms with Crippen molar-refractivity contribution in [2.24, 2.45) is 0 Å². The number of amides is 1. The van der Waals surface area contributed by atoms with Crippen LogP contribution in [-0.2, 0) is 19.0 Å². The molecule has 0 bridgehead atoms. The Hall–Kier alpha value is -2.12. The first-order valence-corrected chi connectivity index (χ1v) is 7.38. The monoisotopic (exact) mass is 522 g/mol. The molecule has 0 saturated carbocycles. The van der Waals surface area contributed by atoms with Gasteiger partial charge in [-0.2, -0.15) is 43.9 Å². The van der Waals surface area contributed by atoms with Crippen LogP contribution < -0.4 is 5.32 Å². The number of carbonyl (C=O) groups excluding carboxylic acids is 1. The van der Waals surface area contributed by atoms with Gasteiger partial charge in [-0.15, -0.1) is 13.2 Å². The van der Waals surface area contributed by atoms with Crippen LogP contribution in [0.15, 0.2) is 18.3 Å². The van der Waals surface area contributed by atoms with Gasteiger partial charge in [0.05, 0.1) is 5.02 Å². The van der Waals surface area contributed by atoms with Gasteiger partial charge in [0, 0.05) is 6.20 Å². The topological polar surface area (TPSA) is 69.7 Å². The Labute approximate surface area is 171 Å². The second kappa shape index (κ2) is 8.67. The molecule has 20 heteroatoms. The third kappa shape index (κ3) is 6.94. The smallest absolute Gasteiger partial charge is 0.303 e. The van der Waals surface area contributed by atoms with E-state index in [0.29, 0.717) is 6.07 Å². The quantitative estimate of drug-likeness (QED) is 0.451. The van der Waals surface area contributed by atoms with Gasteiger partial charge in [-0.1, -0.05) is 11.6 Å². The number of ether oxygens (including phenoxy) is 3. The predicted molar refractivity (Wildman–Crippen MR) is 71.9 cm³/mol. The van der Waals surface area contributed by atoms with Crippen LogP contribution in [0.25, 0.3) is 0 Å². The molecule has 1 aromatic rings. The molecule has 0 aliphatic rings. The van der Waals surface area contributed by atoms with E-state index in [1.165, 1.54) is 4.74 Å². The molecule has 0 aliphatic carbocycles. The first-order chi connectivity index (χ1) is 14.0. The Morgan fingerprint density at radius 2 is 1.19 bits per heavy atom. The van der Waals surface area contributed by atoms with Crippen molar-refractivity contribution in [3.63, 3.8) is 0 Å². The highest BCUT2D eigenvalue weighted by Gasteiger charge is 2.74. The summed E-state index contributed by atoms with van der Waals surface area (Å²) in [5.41, 5.74) is 0. The van der Waals surface area contributed by atoms with Crippen molar-refractivity contribution in [2.45, 2.75) is 36.9 Å². The molecular weight excluding hydrogens is 519 g/mol. The molecule has 1 aromatic heterocycles. The average Bonchev–Trinajstić information content (AvgIpc) is 2.52. The highest BCUT2D eigenvalue weighted by Crippen LogP contribution is 2.48. The van der Waals surface area contributed by atoms with Crippen LogP contribution >= 0.6 is 11.6 Å². The molecule has 0 atom stereocenters. The second-order valence-corrected chi connectivity index (χ2v) is 5.59. The zero-order chi connectivity index (χ0) is 25.4. The summed E-state index contributed by atoms with van der Waals surface area (Å²) in [6.45, 7) is 0. The van der Waals surface area contributed by atoms with E-state index in [2.05, 4.69) is 9.72 Å². The van der Waals surface area contributed by atoms with Crippen LogP contribution in [0.3, 0.4) is 0 Å². The zero-order valence-corrected chi connectivity index (χ0v) is 14.9. The fraction of sp³-hybridized carbons (Fsp3) is 0.500. The molecule has 0 fully saturated rings. The summed E-state index contributed by atoms with van der Waals surface area (Å²) in [6.07, 6.45) is -40.2. The average molecular weight is 523 g/mol. The molecule has 6 nitrogen and oxygen atoms in total. The van der Waals surface area contributed by atoms with E-state index >= 15 is 0 Å². The Bertz CT molecular complexity index is 816. The first-order valence-electron chi connectivity index (χ1n) is 7.01. The maximum absolute atomic E-state index is 13.4. The van der Waals surface area contributed by atoms with E-state index in [1.807, 2.05) is 0 Å². The van der Waals surface area contributed by atoms with E-state index in [1.54, 1.807) is 4.74 Å². The van der Waals surface area contributed by atoms with Crippen LogP contribution in [0, 0.1) is 0 Å². The number of pyridine rings is 1. The number of nitrogens with one attached hydrogen (secondary N) is 1. The number of alkyl halides is 13. The second-order valence-electron chi connectivity index (χ2n) is 5.15. The molecular formula is C12H4ClF13N2O4. The van der Waals surface area contributed by atoms with Gasteiger partial charge in [0.1, 0.15) is 5.82 Å². The van der Waals surface area contributed by atoms with Crippen LogP contribution in [0.4, 0.5) is 62.9 Å². The lowest BCUT2D eigenvalue weighted by Crippen LogP contribution is -2.58. The maximum Gasteiger partial charge on any atom is 0.527 e. The largest absolute Gasteiger partial charge is 0.527 e. The minimum atomic E-state index is -7.18. The van der Waals surface area contributed by atoms with Gasteiger partial charge >= 0.3 is 42.8 Å². The lowest BCUT2D eigenvalue weighted by molar-refractivity contribution is -0.561. The predicted octanol–water partition coefficient (Wildman–Crippen LogP) is 5.21. The molecule has 32 heavy (non-hydrogen) atoms. The fourth-order valence-corrected chi connectivity index (χ4v) is 1.50. The van der Waals surface area contributed by atoms with Crippen molar-refractivity contribution < 1.29 is 76.1 Å². The SMILES string of the molecule is O=C(Nc1ccc(Cl)cn1)C(F)(F)OC(F)(F)C(F)(F)OC(F)(F)C(F)(F)OC(F)(F)F. The van der Waals surface area contributed by atoms with Crippen molar-refractivity contribution in [1.82, 2.24) is 4.98 Å². The van der Waals surface area contributed by atoms with Gasteiger partial charge in [0.15, 0.2) is 0 Å². The van der Waals surface area contributed by atoms with Gasteiger partial charge < -0.3 is 5.32 Å². The Morgan fingerprint density at radius 3 is 1.59 bits per heavy atom. The van der Waals surface area contributed by atoms with Crippen LogP contribution in [-0.4, -0.2) is 47.8 Å². The molecule has 0 aliphatic heterocycles. The normalized spacial score (nSPS) is 14.4. The number of aromatic nitrogens is 1. The fourth-order valence-electron chi connectivity index (χ4n) is 1.39. The summed E-state index contributed by atoms with van der Waals surface area (Å²) in [6, 6.07) is 1.63. The summed E-state index contributed by atoms with van der Waals surface area (Å²) in [4.78, 5) is 14.4. The van der Waals surface area contributed by atoms with Crippen LogP contribution in [0.5, 0.6) is 0 Å². The molecule has 1 amide bonds. The van der Waals surface area contributed by atoms with Gasteiger partial charge in [-0.3, -0.25) is 4.79 Å². The molecule has 0 aromatic carbocycles. The molecule has 0 radical (unpaired) electrons. The van der Waals surface area contributed by atoms with Crippen molar-refractivity contribution in [1.29, 1.82) is 0 Å². The number of hydrogen-bond acceptors (Lipinski definition) is 5. The summed E-state index contributed by atoms with van der Waals surface area (Å²) < 4.78 is 171. The minimum absolute atomic E-state index is 0.110. The van der Waals surface area contributed by atoms with Gasteiger partial charge in [0.25, 0.3) is 0 Å².